The van der Waals surface area contributed by atoms with E-state index in [4.69, 9.17) is 4.74 Å². The average Bonchev–Trinajstić information content (AvgIpc) is 2.78. The number of rotatable bonds is 1. The van der Waals surface area contributed by atoms with E-state index in [-0.39, 0.29) is 11.4 Å². The van der Waals surface area contributed by atoms with Gasteiger partial charge in [-0.05, 0) is 25.3 Å². The number of hydrogen-bond donors (Lipinski definition) is 1. The smallest absolute Gasteiger partial charge is 0.313 e. The van der Waals surface area contributed by atoms with Crippen LogP contribution in [0.2, 0.25) is 0 Å². The quantitative estimate of drug-likeness (QED) is 0.548. The van der Waals surface area contributed by atoms with Gasteiger partial charge in [-0.15, -0.1) is 0 Å². The molecule has 0 spiro atoms. The van der Waals surface area contributed by atoms with Crippen LogP contribution in [-0.2, 0) is 9.53 Å². The standard InChI is InChI=1S/C8H13NO2/c1-11-7(10)8-4-6(8)2-3-9-5-8/h6,9H,2-5H2,1H3/t6-,8+/m0/s1. The molecule has 1 saturated heterocycles. The molecule has 0 aromatic heterocycles. The number of carbonyl (C=O) groups excluding carboxylic acids is 1. The fourth-order valence-corrected chi connectivity index (χ4v) is 2.09. The zero-order valence-electron chi connectivity index (χ0n) is 6.72. The van der Waals surface area contributed by atoms with E-state index in [2.05, 4.69) is 5.32 Å². The van der Waals surface area contributed by atoms with Gasteiger partial charge in [0.05, 0.1) is 12.5 Å². The zero-order chi connectivity index (χ0) is 7.90. The molecule has 1 heterocycles. The van der Waals surface area contributed by atoms with Crippen molar-refractivity contribution in [2.24, 2.45) is 11.3 Å². The molecule has 1 aliphatic carbocycles. The summed E-state index contributed by atoms with van der Waals surface area (Å²) in [7, 11) is 1.47. The Balaban J connectivity index is 2.07. The molecule has 2 fully saturated rings. The average molecular weight is 155 g/mol. The van der Waals surface area contributed by atoms with Crippen LogP contribution < -0.4 is 5.32 Å². The molecule has 0 amide bonds. The molecule has 0 bridgehead atoms. The number of hydrogen-bond acceptors (Lipinski definition) is 3. The van der Waals surface area contributed by atoms with Crippen LogP contribution in [0, 0.1) is 11.3 Å². The first kappa shape index (κ1) is 7.10. The molecule has 2 rings (SSSR count). The van der Waals surface area contributed by atoms with Gasteiger partial charge >= 0.3 is 5.97 Å². The Bertz CT molecular complexity index is 193. The second-order valence-corrected chi connectivity index (χ2v) is 3.51. The molecular weight excluding hydrogens is 142 g/mol. The SMILES string of the molecule is COC(=O)[C@]12CNCC[C@H]1C2. The first-order valence-electron chi connectivity index (χ1n) is 4.09. The Morgan fingerprint density at radius 3 is 3.18 bits per heavy atom. The summed E-state index contributed by atoms with van der Waals surface area (Å²) in [6.45, 7) is 1.88. The van der Waals surface area contributed by atoms with Gasteiger partial charge in [0.1, 0.15) is 0 Å². The molecule has 3 heteroatoms. The van der Waals surface area contributed by atoms with Crippen molar-refractivity contribution in [1.29, 1.82) is 0 Å². The van der Waals surface area contributed by atoms with E-state index >= 15 is 0 Å². The van der Waals surface area contributed by atoms with Gasteiger partial charge in [-0.25, -0.2) is 0 Å². The van der Waals surface area contributed by atoms with Crippen molar-refractivity contribution < 1.29 is 9.53 Å². The lowest BCUT2D eigenvalue weighted by Gasteiger charge is -2.19. The van der Waals surface area contributed by atoms with E-state index in [0.29, 0.717) is 5.92 Å². The Morgan fingerprint density at radius 2 is 2.55 bits per heavy atom. The largest absolute Gasteiger partial charge is 0.469 e. The van der Waals surface area contributed by atoms with Crippen molar-refractivity contribution in [1.82, 2.24) is 5.32 Å². The summed E-state index contributed by atoms with van der Waals surface area (Å²) in [5.74, 6) is 0.589. The van der Waals surface area contributed by atoms with E-state index in [9.17, 15) is 4.79 Å². The summed E-state index contributed by atoms with van der Waals surface area (Å²) in [6, 6.07) is 0. The lowest BCUT2D eigenvalue weighted by Crippen LogP contribution is -2.37. The minimum atomic E-state index is -0.118. The van der Waals surface area contributed by atoms with Gasteiger partial charge in [0.25, 0.3) is 0 Å². The summed E-state index contributed by atoms with van der Waals surface area (Å²) in [4.78, 5) is 11.3. The molecule has 11 heavy (non-hydrogen) atoms. The minimum absolute atomic E-state index is 0.0188. The first-order chi connectivity index (χ1) is 5.29. The number of esters is 1. The van der Waals surface area contributed by atoms with Crippen LogP contribution in [0.4, 0.5) is 0 Å². The number of carbonyl (C=O) groups is 1. The maximum absolute atomic E-state index is 11.3. The molecule has 1 aliphatic heterocycles. The van der Waals surface area contributed by atoms with Gasteiger partial charge in [0.2, 0.25) is 0 Å². The Morgan fingerprint density at radius 1 is 1.73 bits per heavy atom. The maximum Gasteiger partial charge on any atom is 0.313 e. The predicted molar refractivity (Wildman–Crippen MR) is 40.0 cm³/mol. The zero-order valence-corrected chi connectivity index (χ0v) is 6.72. The monoisotopic (exact) mass is 155 g/mol. The van der Waals surface area contributed by atoms with Crippen LogP contribution in [-0.4, -0.2) is 26.2 Å². The highest BCUT2D eigenvalue weighted by Gasteiger charge is 2.61. The minimum Gasteiger partial charge on any atom is -0.469 e. The van der Waals surface area contributed by atoms with E-state index in [0.717, 1.165) is 25.9 Å². The van der Waals surface area contributed by atoms with Crippen LogP contribution in [0.5, 0.6) is 0 Å². The van der Waals surface area contributed by atoms with Crippen molar-refractivity contribution in [3.8, 4) is 0 Å². The van der Waals surface area contributed by atoms with Gasteiger partial charge in [-0.3, -0.25) is 4.79 Å². The van der Waals surface area contributed by atoms with Crippen molar-refractivity contribution in [2.45, 2.75) is 12.8 Å². The Labute approximate surface area is 66.1 Å². The van der Waals surface area contributed by atoms with Gasteiger partial charge < -0.3 is 10.1 Å². The number of ether oxygens (including phenoxy) is 1. The molecule has 1 N–H and O–H groups in total. The van der Waals surface area contributed by atoms with E-state index < -0.39 is 0 Å². The predicted octanol–water partition coefficient (Wildman–Crippen LogP) is 0.159. The fourth-order valence-electron chi connectivity index (χ4n) is 2.09. The van der Waals surface area contributed by atoms with Crippen LogP contribution in [0.25, 0.3) is 0 Å². The number of nitrogens with one attached hydrogen (secondary N) is 1. The van der Waals surface area contributed by atoms with Crippen LogP contribution in [0.1, 0.15) is 12.8 Å². The fraction of sp³-hybridized carbons (Fsp3) is 0.875. The molecular formula is C8H13NO2. The van der Waals surface area contributed by atoms with Gasteiger partial charge in [0, 0.05) is 6.54 Å². The first-order valence-corrected chi connectivity index (χ1v) is 4.09. The third-order valence-corrected chi connectivity index (χ3v) is 2.93. The molecule has 1 saturated carbocycles. The second-order valence-electron chi connectivity index (χ2n) is 3.51. The van der Waals surface area contributed by atoms with Crippen LogP contribution >= 0.6 is 0 Å². The van der Waals surface area contributed by atoms with E-state index in [1.165, 1.54) is 7.11 Å². The van der Waals surface area contributed by atoms with Crippen molar-refractivity contribution >= 4 is 5.97 Å². The highest BCUT2D eigenvalue weighted by Crippen LogP contribution is 2.56. The van der Waals surface area contributed by atoms with Crippen molar-refractivity contribution in [3.05, 3.63) is 0 Å². The summed E-state index contributed by atoms with van der Waals surface area (Å²) >= 11 is 0. The lowest BCUT2D eigenvalue weighted by molar-refractivity contribution is -0.148. The molecule has 2 aliphatic rings. The number of fused-ring (bicyclic) bond motifs is 1. The molecule has 0 aromatic carbocycles. The lowest BCUT2D eigenvalue weighted by atomic mass is 9.99. The third kappa shape index (κ3) is 0.872. The summed E-state index contributed by atoms with van der Waals surface area (Å²) < 4.78 is 4.76. The van der Waals surface area contributed by atoms with Crippen molar-refractivity contribution in [2.75, 3.05) is 20.2 Å². The summed E-state index contributed by atoms with van der Waals surface area (Å²) in [6.07, 6.45) is 2.17. The molecule has 0 aromatic rings. The molecule has 62 valence electrons. The van der Waals surface area contributed by atoms with Crippen LogP contribution in [0.3, 0.4) is 0 Å². The molecule has 0 unspecified atom stereocenters. The highest BCUT2D eigenvalue weighted by molar-refractivity contribution is 5.81. The Kier molecular flexibility index (Phi) is 1.42. The van der Waals surface area contributed by atoms with Gasteiger partial charge in [0.15, 0.2) is 0 Å². The molecule has 3 nitrogen and oxygen atoms in total. The number of piperidine rings is 1. The topological polar surface area (TPSA) is 38.3 Å². The summed E-state index contributed by atoms with van der Waals surface area (Å²) in [5.41, 5.74) is -0.118. The molecule has 2 atom stereocenters. The second kappa shape index (κ2) is 2.21. The summed E-state index contributed by atoms with van der Waals surface area (Å²) in [5, 5.41) is 3.23. The normalized spacial score (nSPS) is 41.0. The number of methoxy groups -OCH3 is 1. The van der Waals surface area contributed by atoms with Gasteiger partial charge in [-0.1, -0.05) is 0 Å². The van der Waals surface area contributed by atoms with Crippen LogP contribution in [0.15, 0.2) is 0 Å². The molecule has 0 radical (unpaired) electrons. The third-order valence-electron chi connectivity index (χ3n) is 2.93. The van der Waals surface area contributed by atoms with Crippen molar-refractivity contribution in [3.63, 3.8) is 0 Å². The van der Waals surface area contributed by atoms with E-state index in [1.54, 1.807) is 0 Å². The maximum atomic E-state index is 11.3. The highest BCUT2D eigenvalue weighted by atomic mass is 16.5. The van der Waals surface area contributed by atoms with E-state index in [1.807, 2.05) is 0 Å². The van der Waals surface area contributed by atoms with Gasteiger partial charge in [-0.2, -0.15) is 0 Å². The Hall–Kier alpha value is -0.570.